The third-order valence-corrected chi connectivity index (χ3v) is 5.62. The summed E-state index contributed by atoms with van der Waals surface area (Å²) in [5, 5.41) is 20.9. The molecule has 28 heavy (non-hydrogen) atoms. The van der Waals surface area contributed by atoms with E-state index in [4.69, 9.17) is 21.3 Å². The van der Waals surface area contributed by atoms with Crippen LogP contribution in [0.5, 0.6) is 5.75 Å². The van der Waals surface area contributed by atoms with E-state index in [2.05, 4.69) is 25.9 Å². The van der Waals surface area contributed by atoms with Gasteiger partial charge in [-0.25, -0.2) is 9.67 Å². The minimum atomic E-state index is 0.310. The Morgan fingerprint density at radius 2 is 2.11 bits per heavy atom. The Morgan fingerprint density at radius 3 is 2.93 bits per heavy atom. The van der Waals surface area contributed by atoms with Gasteiger partial charge in [0.1, 0.15) is 11.3 Å². The van der Waals surface area contributed by atoms with Crippen LogP contribution in [-0.2, 0) is 0 Å². The van der Waals surface area contributed by atoms with E-state index in [1.807, 2.05) is 22.9 Å². The molecule has 0 amide bonds. The van der Waals surface area contributed by atoms with Gasteiger partial charge in [0.05, 0.1) is 42.1 Å². The van der Waals surface area contributed by atoms with Gasteiger partial charge in [-0.15, -0.1) is 0 Å². The van der Waals surface area contributed by atoms with Gasteiger partial charge in [-0.3, -0.25) is 5.10 Å². The van der Waals surface area contributed by atoms with Crippen molar-refractivity contribution in [2.24, 2.45) is 0 Å². The monoisotopic (exact) mass is 397 g/mol. The number of fused-ring (bicyclic) bond motifs is 3. The molecule has 0 atom stereocenters. The van der Waals surface area contributed by atoms with Gasteiger partial charge in [-0.1, -0.05) is 17.7 Å². The van der Waals surface area contributed by atoms with E-state index in [0.717, 1.165) is 59.2 Å². The molecule has 4 heterocycles. The first-order chi connectivity index (χ1) is 13.8. The quantitative estimate of drug-likeness (QED) is 0.487. The molecular formula is C19H20ClN7O. The molecule has 3 aromatic heterocycles. The minimum absolute atomic E-state index is 0.310. The van der Waals surface area contributed by atoms with Crippen molar-refractivity contribution in [3.8, 4) is 5.75 Å². The zero-order valence-corrected chi connectivity index (χ0v) is 16.1. The third-order valence-electron chi connectivity index (χ3n) is 5.24. The molecule has 0 bridgehead atoms. The van der Waals surface area contributed by atoms with Crippen molar-refractivity contribution in [2.45, 2.75) is 18.9 Å². The standard InChI is InChI=1S/C19H20ClN7O/c1-28-15-4-2-3-13-16(15)12-9-22-26-17(12)19(24-13)25-14-10-23-27(18(14)20)11-5-7-21-8-6-11/h2-4,9-11,21H,5-8H2,1H3,(H,22,26)(H,24,25). The smallest absolute Gasteiger partial charge is 0.157 e. The first-order valence-corrected chi connectivity index (χ1v) is 9.64. The van der Waals surface area contributed by atoms with Crippen molar-refractivity contribution < 1.29 is 4.74 Å². The summed E-state index contributed by atoms with van der Waals surface area (Å²) in [5.41, 5.74) is 2.34. The summed E-state index contributed by atoms with van der Waals surface area (Å²) < 4.78 is 7.41. The van der Waals surface area contributed by atoms with Crippen LogP contribution in [0.3, 0.4) is 0 Å². The summed E-state index contributed by atoms with van der Waals surface area (Å²) in [4.78, 5) is 4.77. The van der Waals surface area contributed by atoms with Crippen LogP contribution in [0.1, 0.15) is 18.9 Å². The fraction of sp³-hybridized carbons (Fsp3) is 0.316. The molecule has 144 valence electrons. The fourth-order valence-corrected chi connectivity index (χ4v) is 4.12. The van der Waals surface area contributed by atoms with E-state index in [-0.39, 0.29) is 0 Å². The Bertz CT molecular complexity index is 1150. The molecule has 9 heteroatoms. The number of rotatable bonds is 4. The summed E-state index contributed by atoms with van der Waals surface area (Å²) in [7, 11) is 1.65. The Kier molecular flexibility index (Phi) is 4.29. The zero-order valence-electron chi connectivity index (χ0n) is 15.4. The second-order valence-corrected chi connectivity index (χ2v) is 7.23. The number of aromatic nitrogens is 5. The molecule has 1 saturated heterocycles. The van der Waals surface area contributed by atoms with Crippen LogP contribution in [-0.4, -0.2) is 45.2 Å². The largest absolute Gasteiger partial charge is 0.496 e. The molecule has 0 saturated carbocycles. The fourth-order valence-electron chi connectivity index (χ4n) is 3.84. The van der Waals surface area contributed by atoms with Crippen molar-refractivity contribution >= 4 is 44.9 Å². The molecule has 3 N–H and O–H groups in total. The summed E-state index contributed by atoms with van der Waals surface area (Å²) >= 11 is 6.64. The van der Waals surface area contributed by atoms with E-state index in [1.54, 1.807) is 19.5 Å². The number of piperidine rings is 1. The first kappa shape index (κ1) is 17.3. The van der Waals surface area contributed by atoms with Crippen LogP contribution in [0.25, 0.3) is 21.8 Å². The lowest BCUT2D eigenvalue weighted by molar-refractivity contribution is 0.343. The maximum Gasteiger partial charge on any atom is 0.157 e. The lowest BCUT2D eigenvalue weighted by Gasteiger charge is -2.23. The number of ether oxygens (including phenoxy) is 1. The highest BCUT2D eigenvalue weighted by Crippen LogP contribution is 2.36. The van der Waals surface area contributed by atoms with Crippen molar-refractivity contribution in [1.29, 1.82) is 0 Å². The molecule has 5 rings (SSSR count). The zero-order chi connectivity index (χ0) is 19.1. The lowest BCUT2D eigenvalue weighted by Crippen LogP contribution is -2.29. The van der Waals surface area contributed by atoms with Crippen LogP contribution in [0.2, 0.25) is 5.15 Å². The number of benzene rings is 1. The van der Waals surface area contributed by atoms with Gasteiger partial charge < -0.3 is 15.4 Å². The van der Waals surface area contributed by atoms with Gasteiger partial charge in [-0.05, 0) is 38.1 Å². The predicted molar refractivity (Wildman–Crippen MR) is 110 cm³/mol. The molecule has 8 nitrogen and oxygen atoms in total. The average molecular weight is 398 g/mol. The SMILES string of the molecule is COc1cccc2nc(Nc3cnn(C4CCNCC4)c3Cl)c3[nH]ncc3c12. The van der Waals surface area contributed by atoms with Gasteiger partial charge in [-0.2, -0.15) is 10.2 Å². The van der Waals surface area contributed by atoms with Gasteiger partial charge in [0.2, 0.25) is 0 Å². The maximum atomic E-state index is 6.64. The summed E-state index contributed by atoms with van der Waals surface area (Å²) in [6, 6.07) is 6.11. The number of hydrogen-bond donors (Lipinski definition) is 3. The first-order valence-electron chi connectivity index (χ1n) is 9.27. The number of nitrogens with one attached hydrogen (secondary N) is 3. The Morgan fingerprint density at radius 1 is 1.25 bits per heavy atom. The Balaban J connectivity index is 1.57. The van der Waals surface area contributed by atoms with E-state index in [1.165, 1.54) is 0 Å². The van der Waals surface area contributed by atoms with Crippen LogP contribution in [0.15, 0.2) is 30.6 Å². The molecule has 1 fully saturated rings. The second-order valence-electron chi connectivity index (χ2n) is 6.87. The molecule has 4 aromatic rings. The van der Waals surface area contributed by atoms with Crippen molar-refractivity contribution in [2.75, 3.05) is 25.5 Å². The molecule has 0 unspecified atom stereocenters. The molecule has 0 aliphatic carbocycles. The normalized spacial score (nSPS) is 15.4. The second kappa shape index (κ2) is 6.96. The number of nitrogens with zero attached hydrogens (tertiary/aromatic N) is 4. The number of halogens is 1. The summed E-state index contributed by atoms with van der Waals surface area (Å²) in [6.45, 7) is 1.96. The van der Waals surface area contributed by atoms with Gasteiger partial charge in [0.15, 0.2) is 11.0 Å². The van der Waals surface area contributed by atoms with Gasteiger partial charge >= 0.3 is 0 Å². The minimum Gasteiger partial charge on any atom is -0.496 e. The highest BCUT2D eigenvalue weighted by atomic mass is 35.5. The van der Waals surface area contributed by atoms with Crippen molar-refractivity contribution in [1.82, 2.24) is 30.3 Å². The predicted octanol–water partition coefficient (Wildman–Crippen LogP) is 3.64. The van der Waals surface area contributed by atoms with E-state index < -0.39 is 0 Å². The average Bonchev–Trinajstić information content (AvgIpc) is 3.36. The number of methoxy groups -OCH3 is 1. The number of anilines is 2. The van der Waals surface area contributed by atoms with E-state index >= 15 is 0 Å². The topological polar surface area (TPSA) is 92.7 Å². The number of H-pyrrole nitrogens is 1. The highest BCUT2D eigenvalue weighted by molar-refractivity contribution is 6.32. The third kappa shape index (κ3) is 2.76. The van der Waals surface area contributed by atoms with Crippen LogP contribution >= 0.6 is 11.6 Å². The van der Waals surface area contributed by atoms with Crippen molar-refractivity contribution in [3.05, 3.63) is 35.7 Å². The number of aromatic amines is 1. The molecule has 1 aliphatic rings. The van der Waals surface area contributed by atoms with Gasteiger partial charge in [0, 0.05) is 5.39 Å². The van der Waals surface area contributed by atoms with Gasteiger partial charge in [0.25, 0.3) is 0 Å². The molecule has 0 spiro atoms. The summed E-state index contributed by atoms with van der Waals surface area (Å²) in [5.74, 6) is 1.42. The maximum absolute atomic E-state index is 6.64. The number of pyridine rings is 1. The molecule has 1 aromatic carbocycles. The van der Waals surface area contributed by atoms with Crippen LogP contribution in [0, 0.1) is 0 Å². The summed E-state index contributed by atoms with van der Waals surface area (Å²) in [6.07, 6.45) is 5.57. The van der Waals surface area contributed by atoms with Crippen LogP contribution in [0.4, 0.5) is 11.5 Å². The molecule has 1 aliphatic heterocycles. The van der Waals surface area contributed by atoms with E-state index in [0.29, 0.717) is 17.0 Å². The van der Waals surface area contributed by atoms with Crippen molar-refractivity contribution in [3.63, 3.8) is 0 Å². The lowest BCUT2D eigenvalue weighted by atomic mass is 10.1. The highest BCUT2D eigenvalue weighted by Gasteiger charge is 2.21. The molecular weight excluding hydrogens is 378 g/mol. The van der Waals surface area contributed by atoms with E-state index in [9.17, 15) is 0 Å². The molecule has 0 radical (unpaired) electrons. The Labute approximate surface area is 166 Å². The Hall–Kier alpha value is -2.84. The number of hydrogen-bond acceptors (Lipinski definition) is 6. The van der Waals surface area contributed by atoms with Crippen LogP contribution < -0.4 is 15.4 Å².